The maximum Gasteiger partial charge on any atom is 0.115 e. The molecule has 4 aromatic rings. The topological polar surface area (TPSA) is 53.5 Å². The molecular formula is C20H20Cl2N6. The van der Waals surface area contributed by atoms with E-state index < -0.39 is 0 Å². The van der Waals surface area contributed by atoms with Crippen molar-refractivity contribution < 1.29 is 0 Å². The summed E-state index contributed by atoms with van der Waals surface area (Å²) in [6.07, 6.45) is 3.91. The van der Waals surface area contributed by atoms with Crippen LogP contribution in [0.5, 0.6) is 0 Å². The molecular weight excluding hydrogens is 395 g/mol. The molecule has 0 unspecified atom stereocenters. The Bertz CT molecular complexity index is 1150. The minimum Gasteiger partial charge on any atom is -0.275 e. The van der Waals surface area contributed by atoms with Crippen molar-refractivity contribution in [2.75, 3.05) is 0 Å². The third-order valence-electron chi connectivity index (χ3n) is 4.68. The van der Waals surface area contributed by atoms with Crippen molar-refractivity contribution in [3.8, 4) is 22.5 Å². The Balaban J connectivity index is 1.90. The van der Waals surface area contributed by atoms with E-state index in [1.165, 1.54) is 0 Å². The number of benzene rings is 1. The Kier molecular flexibility index (Phi) is 4.77. The maximum atomic E-state index is 6.87. The molecule has 1 aromatic carbocycles. The van der Waals surface area contributed by atoms with Crippen molar-refractivity contribution in [1.82, 2.24) is 29.3 Å². The van der Waals surface area contributed by atoms with Crippen LogP contribution in [0.1, 0.15) is 17.0 Å². The van der Waals surface area contributed by atoms with Crippen molar-refractivity contribution in [2.24, 2.45) is 14.1 Å². The first kappa shape index (κ1) is 18.8. The van der Waals surface area contributed by atoms with Gasteiger partial charge in [-0.2, -0.15) is 15.3 Å². The van der Waals surface area contributed by atoms with Gasteiger partial charge in [0.2, 0.25) is 0 Å². The lowest BCUT2D eigenvalue weighted by Gasteiger charge is -2.07. The molecule has 0 atom stereocenters. The highest BCUT2D eigenvalue weighted by Gasteiger charge is 2.24. The molecule has 6 nitrogen and oxygen atoms in total. The van der Waals surface area contributed by atoms with Gasteiger partial charge in [-0.3, -0.25) is 14.0 Å². The molecule has 0 radical (unpaired) electrons. The molecule has 0 aliphatic rings. The number of halogens is 2. The zero-order chi connectivity index (χ0) is 20.0. The van der Waals surface area contributed by atoms with Crippen LogP contribution in [0.2, 0.25) is 10.0 Å². The first-order valence-electron chi connectivity index (χ1n) is 8.85. The van der Waals surface area contributed by atoms with Crippen LogP contribution >= 0.6 is 23.2 Å². The number of aromatic nitrogens is 6. The van der Waals surface area contributed by atoms with Crippen LogP contribution in [0.4, 0.5) is 0 Å². The third-order valence-corrected chi connectivity index (χ3v) is 5.29. The number of aryl methyl sites for hydroxylation is 4. The molecule has 0 saturated heterocycles. The predicted octanol–water partition coefficient (Wildman–Crippen LogP) is 4.66. The van der Waals surface area contributed by atoms with E-state index in [1.807, 2.05) is 69.3 Å². The summed E-state index contributed by atoms with van der Waals surface area (Å²) < 4.78 is 5.49. The second kappa shape index (κ2) is 7.11. The van der Waals surface area contributed by atoms with E-state index in [1.54, 1.807) is 9.36 Å². The van der Waals surface area contributed by atoms with Crippen LogP contribution in [-0.2, 0) is 20.6 Å². The Morgan fingerprint density at radius 2 is 1.39 bits per heavy atom. The molecule has 0 spiro atoms. The third kappa shape index (κ3) is 3.34. The average molecular weight is 415 g/mol. The highest BCUT2D eigenvalue weighted by Crippen LogP contribution is 2.38. The van der Waals surface area contributed by atoms with Gasteiger partial charge in [-0.25, -0.2) is 0 Å². The average Bonchev–Trinajstić information content (AvgIpc) is 3.24. The highest BCUT2D eigenvalue weighted by molar-refractivity contribution is 6.35. The largest absolute Gasteiger partial charge is 0.275 e. The molecule has 0 aliphatic carbocycles. The number of hydrogen-bond acceptors (Lipinski definition) is 3. The van der Waals surface area contributed by atoms with Crippen LogP contribution in [0.25, 0.3) is 22.5 Å². The smallest absolute Gasteiger partial charge is 0.115 e. The summed E-state index contributed by atoms with van der Waals surface area (Å²) in [6.45, 7) is 4.50. The Morgan fingerprint density at radius 1 is 0.821 bits per heavy atom. The lowest BCUT2D eigenvalue weighted by atomic mass is 10.1. The molecule has 0 N–H and O–H groups in total. The van der Waals surface area contributed by atoms with Crippen molar-refractivity contribution in [3.63, 3.8) is 0 Å². The van der Waals surface area contributed by atoms with E-state index in [2.05, 4.69) is 10.2 Å². The van der Waals surface area contributed by atoms with E-state index in [-0.39, 0.29) is 0 Å². The standard InChI is InChI=1S/C20H20Cl2N6/c1-12-16(10-26(3)23-12)19-18(22)20(17-11-27(4)24-13(17)2)28(25-19)9-14-5-7-15(21)8-6-14/h5-8,10-11H,9H2,1-4H3. The minimum absolute atomic E-state index is 0.569. The fourth-order valence-corrected chi connectivity index (χ4v) is 3.88. The molecule has 0 fully saturated rings. The Hall–Kier alpha value is -2.57. The van der Waals surface area contributed by atoms with Gasteiger partial charge in [0, 0.05) is 42.6 Å². The molecule has 3 aromatic heterocycles. The fourth-order valence-electron chi connectivity index (χ4n) is 3.41. The second-order valence-corrected chi connectivity index (χ2v) is 7.71. The van der Waals surface area contributed by atoms with Crippen molar-refractivity contribution in [2.45, 2.75) is 20.4 Å². The molecule has 28 heavy (non-hydrogen) atoms. The van der Waals surface area contributed by atoms with E-state index in [0.717, 1.165) is 39.5 Å². The van der Waals surface area contributed by atoms with Crippen molar-refractivity contribution in [3.05, 3.63) is 63.7 Å². The number of rotatable bonds is 4. The summed E-state index contributed by atoms with van der Waals surface area (Å²) in [5, 5.41) is 15.1. The van der Waals surface area contributed by atoms with Crippen molar-refractivity contribution in [1.29, 1.82) is 0 Å². The molecule has 8 heteroatoms. The highest BCUT2D eigenvalue weighted by atomic mass is 35.5. The zero-order valence-electron chi connectivity index (χ0n) is 16.1. The molecule has 144 valence electrons. The van der Waals surface area contributed by atoms with Gasteiger partial charge in [0.25, 0.3) is 0 Å². The lowest BCUT2D eigenvalue weighted by molar-refractivity contribution is 0.696. The fraction of sp³-hybridized carbons (Fsp3) is 0.250. The minimum atomic E-state index is 0.569. The van der Waals surface area contributed by atoms with Crippen LogP contribution in [0.15, 0.2) is 36.7 Å². The summed E-state index contributed by atoms with van der Waals surface area (Å²) in [7, 11) is 3.79. The summed E-state index contributed by atoms with van der Waals surface area (Å²) in [5.74, 6) is 0. The first-order chi connectivity index (χ1) is 13.3. The SMILES string of the molecule is Cc1nn(C)cc1-c1nn(Cc2ccc(Cl)cc2)c(-c2cn(C)nc2C)c1Cl. The molecule has 0 aliphatic heterocycles. The van der Waals surface area contributed by atoms with Gasteiger partial charge < -0.3 is 0 Å². The monoisotopic (exact) mass is 414 g/mol. The van der Waals surface area contributed by atoms with E-state index in [9.17, 15) is 0 Å². The van der Waals surface area contributed by atoms with Gasteiger partial charge >= 0.3 is 0 Å². The molecule has 0 amide bonds. The van der Waals surface area contributed by atoms with Gasteiger partial charge in [0.15, 0.2) is 0 Å². The van der Waals surface area contributed by atoms with Crippen LogP contribution < -0.4 is 0 Å². The van der Waals surface area contributed by atoms with Gasteiger partial charge in [-0.1, -0.05) is 35.3 Å². The molecule has 3 heterocycles. The summed E-state index contributed by atoms with van der Waals surface area (Å²) >= 11 is 12.9. The summed E-state index contributed by atoms with van der Waals surface area (Å²) in [6, 6.07) is 7.74. The quantitative estimate of drug-likeness (QED) is 0.487. The summed E-state index contributed by atoms with van der Waals surface area (Å²) in [5.41, 5.74) is 6.32. The van der Waals surface area contributed by atoms with Gasteiger partial charge in [0.05, 0.1) is 28.6 Å². The second-order valence-electron chi connectivity index (χ2n) is 6.90. The number of hydrogen-bond donors (Lipinski definition) is 0. The Morgan fingerprint density at radius 3 is 1.93 bits per heavy atom. The van der Waals surface area contributed by atoms with Gasteiger partial charge in [0.1, 0.15) is 5.69 Å². The van der Waals surface area contributed by atoms with Crippen LogP contribution in [-0.4, -0.2) is 29.3 Å². The van der Waals surface area contributed by atoms with E-state index in [0.29, 0.717) is 16.6 Å². The Labute approximate surface area is 173 Å². The summed E-state index contributed by atoms with van der Waals surface area (Å²) in [4.78, 5) is 0. The van der Waals surface area contributed by atoms with E-state index in [4.69, 9.17) is 28.3 Å². The zero-order valence-corrected chi connectivity index (χ0v) is 17.6. The van der Waals surface area contributed by atoms with E-state index >= 15 is 0 Å². The van der Waals surface area contributed by atoms with Gasteiger partial charge in [-0.15, -0.1) is 0 Å². The normalized spacial score (nSPS) is 11.4. The molecule has 4 rings (SSSR count). The predicted molar refractivity (Wildman–Crippen MR) is 112 cm³/mol. The van der Waals surface area contributed by atoms with Crippen molar-refractivity contribution >= 4 is 23.2 Å². The lowest BCUT2D eigenvalue weighted by Crippen LogP contribution is -2.04. The van der Waals surface area contributed by atoms with Gasteiger partial charge in [-0.05, 0) is 31.5 Å². The van der Waals surface area contributed by atoms with Crippen LogP contribution in [0, 0.1) is 13.8 Å². The molecule has 0 saturated carbocycles. The molecule has 0 bridgehead atoms. The first-order valence-corrected chi connectivity index (χ1v) is 9.61. The maximum absolute atomic E-state index is 6.87. The van der Waals surface area contributed by atoms with Crippen LogP contribution in [0.3, 0.4) is 0 Å². The number of nitrogens with zero attached hydrogens (tertiary/aromatic N) is 6.